The van der Waals surface area contributed by atoms with Crippen LogP contribution in [0.3, 0.4) is 0 Å². The van der Waals surface area contributed by atoms with E-state index in [4.69, 9.17) is 20.4 Å². The quantitative estimate of drug-likeness (QED) is 0.760. The van der Waals surface area contributed by atoms with Gasteiger partial charge in [-0.05, 0) is 43.3 Å². The van der Waals surface area contributed by atoms with E-state index >= 15 is 0 Å². The van der Waals surface area contributed by atoms with Crippen molar-refractivity contribution in [1.82, 2.24) is 5.32 Å². The molecule has 0 bridgehead atoms. The Kier molecular flexibility index (Phi) is 4.02. The molecule has 0 unspecified atom stereocenters. The van der Waals surface area contributed by atoms with E-state index in [1.165, 1.54) is 0 Å². The van der Waals surface area contributed by atoms with E-state index in [2.05, 4.69) is 5.32 Å². The molecule has 2 heterocycles. The minimum atomic E-state index is -0.304. The van der Waals surface area contributed by atoms with Crippen molar-refractivity contribution in [2.45, 2.75) is 13.0 Å². The second-order valence-electron chi connectivity index (χ2n) is 4.85. The summed E-state index contributed by atoms with van der Waals surface area (Å²) in [4.78, 5) is 12.2. The summed E-state index contributed by atoms with van der Waals surface area (Å²) >= 11 is 6.13. The Morgan fingerprint density at radius 2 is 1.95 bits per heavy atom. The molecule has 2 aromatic heterocycles. The second-order valence-corrected chi connectivity index (χ2v) is 5.26. The van der Waals surface area contributed by atoms with E-state index in [0.717, 1.165) is 5.56 Å². The Hall–Kier alpha value is -2.46. The van der Waals surface area contributed by atoms with Crippen molar-refractivity contribution in [3.05, 3.63) is 71.3 Å². The van der Waals surface area contributed by atoms with Crippen molar-refractivity contribution in [3.8, 4) is 11.3 Å². The molecule has 0 spiro atoms. The summed E-state index contributed by atoms with van der Waals surface area (Å²) in [6.07, 6.45) is 1.57. The number of benzene rings is 1. The molecule has 0 saturated heterocycles. The number of carbonyl (C=O) groups is 1. The van der Waals surface area contributed by atoms with Crippen LogP contribution in [-0.2, 0) is 0 Å². The van der Waals surface area contributed by atoms with Crippen LogP contribution in [0, 0.1) is 0 Å². The Morgan fingerprint density at radius 1 is 1.14 bits per heavy atom. The van der Waals surface area contributed by atoms with E-state index < -0.39 is 0 Å². The fraction of sp³-hybridized carbons (Fsp3) is 0.118. The molecule has 112 valence electrons. The van der Waals surface area contributed by atoms with Gasteiger partial charge < -0.3 is 14.2 Å². The zero-order valence-corrected chi connectivity index (χ0v) is 12.6. The predicted octanol–water partition coefficient (Wildman–Crippen LogP) is 4.68. The van der Waals surface area contributed by atoms with Crippen molar-refractivity contribution in [3.63, 3.8) is 0 Å². The van der Waals surface area contributed by atoms with Crippen LogP contribution in [0.5, 0.6) is 0 Å². The molecule has 0 aliphatic carbocycles. The SMILES string of the molecule is C[C@H](NC(=O)c1ccc(-c2ccccc2Cl)o1)c1ccco1. The Bertz CT molecular complexity index is 777. The van der Waals surface area contributed by atoms with Gasteiger partial charge in [-0.25, -0.2) is 0 Å². The predicted molar refractivity (Wildman–Crippen MR) is 83.7 cm³/mol. The van der Waals surface area contributed by atoms with Crippen LogP contribution >= 0.6 is 11.6 Å². The molecule has 0 fully saturated rings. The Morgan fingerprint density at radius 3 is 2.68 bits per heavy atom. The maximum atomic E-state index is 12.2. The Balaban J connectivity index is 1.76. The smallest absolute Gasteiger partial charge is 0.287 e. The molecule has 3 aromatic rings. The first kappa shape index (κ1) is 14.5. The van der Waals surface area contributed by atoms with E-state index in [9.17, 15) is 4.79 Å². The molecule has 1 amide bonds. The van der Waals surface area contributed by atoms with Crippen molar-refractivity contribution in [1.29, 1.82) is 0 Å². The van der Waals surface area contributed by atoms with Crippen LogP contribution in [0.2, 0.25) is 5.02 Å². The van der Waals surface area contributed by atoms with E-state index in [1.807, 2.05) is 31.2 Å². The normalized spacial score (nSPS) is 12.1. The van der Waals surface area contributed by atoms with Gasteiger partial charge in [0.25, 0.3) is 5.91 Å². The molecular weight excluding hydrogens is 302 g/mol. The third-order valence-electron chi connectivity index (χ3n) is 3.29. The van der Waals surface area contributed by atoms with E-state index in [1.54, 1.807) is 30.5 Å². The number of hydrogen-bond acceptors (Lipinski definition) is 3. The van der Waals surface area contributed by atoms with Gasteiger partial charge in [-0.2, -0.15) is 0 Å². The summed E-state index contributed by atoms with van der Waals surface area (Å²) in [6, 6.07) is 14.0. The summed E-state index contributed by atoms with van der Waals surface area (Å²) in [7, 11) is 0. The number of furan rings is 2. The van der Waals surface area contributed by atoms with Gasteiger partial charge >= 0.3 is 0 Å². The molecule has 1 aromatic carbocycles. The van der Waals surface area contributed by atoms with Gasteiger partial charge in [0.15, 0.2) is 5.76 Å². The van der Waals surface area contributed by atoms with Crippen molar-refractivity contribution in [2.75, 3.05) is 0 Å². The minimum Gasteiger partial charge on any atom is -0.467 e. The van der Waals surface area contributed by atoms with Crippen LogP contribution in [0.15, 0.2) is 63.6 Å². The highest BCUT2D eigenvalue weighted by Gasteiger charge is 2.17. The highest BCUT2D eigenvalue weighted by molar-refractivity contribution is 6.33. The van der Waals surface area contributed by atoms with E-state index in [-0.39, 0.29) is 17.7 Å². The molecule has 3 rings (SSSR count). The van der Waals surface area contributed by atoms with Gasteiger partial charge in [-0.3, -0.25) is 4.79 Å². The minimum absolute atomic E-state index is 0.230. The molecule has 1 atom stereocenters. The van der Waals surface area contributed by atoms with Crippen molar-refractivity contribution < 1.29 is 13.6 Å². The van der Waals surface area contributed by atoms with Crippen LogP contribution in [0.4, 0.5) is 0 Å². The average molecular weight is 316 g/mol. The monoisotopic (exact) mass is 315 g/mol. The molecule has 22 heavy (non-hydrogen) atoms. The first-order chi connectivity index (χ1) is 10.6. The first-order valence-corrected chi connectivity index (χ1v) is 7.22. The Labute approximate surface area is 132 Å². The number of rotatable bonds is 4. The molecule has 5 heteroatoms. The maximum Gasteiger partial charge on any atom is 0.287 e. The van der Waals surface area contributed by atoms with Crippen LogP contribution in [0.25, 0.3) is 11.3 Å². The largest absolute Gasteiger partial charge is 0.467 e. The highest BCUT2D eigenvalue weighted by atomic mass is 35.5. The molecule has 1 N–H and O–H groups in total. The summed E-state index contributed by atoms with van der Waals surface area (Å²) in [5.74, 6) is 1.17. The van der Waals surface area contributed by atoms with Crippen LogP contribution in [0.1, 0.15) is 29.3 Å². The van der Waals surface area contributed by atoms with Gasteiger partial charge in [0.05, 0.1) is 17.3 Å². The van der Waals surface area contributed by atoms with Gasteiger partial charge in [-0.1, -0.05) is 23.7 Å². The fourth-order valence-electron chi connectivity index (χ4n) is 2.14. The molecular formula is C17H14ClNO3. The van der Waals surface area contributed by atoms with Gasteiger partial charge in [0.2, 0.25) is 0 Å². The van der Waals surface area contributed by atoms with Gasteiger partial charge in [0, 0.05) is 5.56 Å². The third kappa shape index (κ3) is 2.92. The van der Waals surface area contributed by atoms with Crippen molar-refractivity contribution in [2.24, 2.45) is 0 Å². The zero-order chi connectivity index (χ0) is 15.5. The topological polar surface area (TPSA) is 55.4 Å². The lowest BCUT2D eigenvalue weighted by Gasteiger charge is -2.09. The molecule has 4 nitrogen and oxygen atoms in total. The fourth-order valence-corrected chi connectivity index (χ4v) is 2.37. The highest BCUT2D eigenvalue weighted by Crippen LogP contribution is 2.29. The average Bonchev–Trinajstić information content (AvgIpc) is 3.19. The van der Waals surface area contributed by atoms with Gasteiger partial charge in [0.1, 0.15) is 11.5 Å². The lowest BCUT2D eigenvalue weighted by Crippen LogP contribution is -2.25. The third-order valence-corrected chi connectivity index (χ3v) is 3.62. The summed E-state index contributed by atoms with van der Waals surface area (Å²) in [5.41, 5.74) is 0.752. The first-order valence-electron chi connectivity index (χ1n) is 6.84. The number of hydrogen-bond donors (Lipinski definition) is 1. The van der Waals surface area contributed by atoms with Crippen LogP contribution in [-0.4, -0.2) is 5.91 Å². The lowest BCUT2D eigenvalue weighted by atomic mass is 10.2. The lowest BCUT2D eigenvalue weighted by molar-refractivity contribution is 0.0908. The maximum absolute atomic E-state index is 12.2. The number of nitrogens with one attached hydrogen (secondary N) is 1. The standard InChI is InChI=1S/C17H14ClNO3/c1-11(14-7-4-10-21-14)19-17(20)16-9-8-15(22-16)12-5-2-3-6-13(12)18/h2-11H,1H3,(H,19,20)/t11-/m0/s1. The summed E-state index contributed by atoms with van der Waals surface area (Å²) < 4.78 is 10.9. The molecule has 0 aliphatic rings. The molecule has 0 saturated carbocycles. The molecule has 0 radical (unpaired) electrons. The summed E-state index contributed by atoms with van der Waals surface area (Å²) in [6.45, 7) is 1.84. The number of amides is 1. The number of carbonyl (C=O) groups excluding carboxylic acids is 1. The van der Waals surface area contributed by atoms with Crippen LogP contribution < -0.4 is 5.32 Å². The molecule has 0 aliphatic heterocycles. The second kappa shape index (κ2) is 6.12. The summed E-state index contributed by atoms with van der Waals surface area (Å²) in [5, 5.41) is 3.40. The van der Waals surface area contributed by atoms with E-state index in [0.29, 0.717) is 16.5 Å². The van der Waals surface area contributed by atoms with Crippen molar-refractivity contribution >= 4 is 17.5 Å². The number of halogens is 1. The van der Waals surface area contributed by atoms with Gasteiger partial charge in [-0.15, -0.1) is 0 Å². The zero-order valence-electron chi connectivity index (χ0n) is 11.9.